The van der Waals surface area contributed by atoms with Gasteiger partial charge in [0.15, 0.2) is 0 Å². The zero-order chi connectivity index (χ0) is 12.4. The van der Waals surface area contributed by atoms with Crippen molar-refractivity contribution in [1.82, 2.24) is 5.32 Å². The van der Waals surface area contributed by atoms with Crippen LogP contribution in [0.5, 0.6) is 5.75 Å². The van der Waals surface area contributed by atoms with E-state index < -0.39 is 5.97 Å². The molecule has 0 fully saturated rings. The van der Waals surface area contributed by atoms with Gasteiger partial charge in [-0.25, -0.2) is 4.79 Å². The quantitative estimate of drug-likeness (QED) is 0.755. The molecular formula is C13H13NO3. The highest BCUT2D eigenvalue weighted by molar-refractivity contribution is 5.97. The molecule has 0 spiro atoms. The van der Waals surface area contributed by atoms with Crippen LogP contribution in [0.1, 0.15) is 15.9 Å². The number of carboxylic acids is 1. The number of hydrogen-bond donors (Lipinski definition) is 3. The molecule has 4 nitrogen and oxygen atoms in total. The number of fused-ring (bicyclic) bond motifs is 1. The van der Waals surface area contributed by atoms with E-state index in [9.17, 15) is 9.90 Å². The minimum Gasteiger partial charge on any atom is -0.507 e. The fourth-order valence-electron chi connectivity index (χ4n) is 1.82. The third-order valence-corrected chi connectivity index (χ3v) is 2.63. The van der Waals surface area contributed by atoms with Crippen molar-refractivity contribution in [3.8, 4) is 5.75 Å². The Kier molecular flexibility index (Phi) is 2.97. The number of phenols is 1. The molecular weight excluding hydrogens is 218 g/mol. The van der Waals surface area contributed by atoms with Crippen LogP contribution in [0.25, 0.3) is 10.8 Å². The fourth-order valence-corrected chi connectivity index (χ4v) is 1.82. The van der Waals surface area contributed by atoms with Crippen LogP contribution < -0.4 is 5.32 Å². The summed E-state index contributed by atoms with van der Waals surface area (Å²) in [7, 11) is 1.85. The van der Waals surface area contributed by atoms with Gasteiger partial charge in [-0.3, -0.25) is 0 Å². The maximum Gasteiger partial charge on any atom is 0.339 e. The van der Waals surface area contributed by atoms with Gasteiger partial charge in [-0.2, -0.15) is 0 Å². The van der Waals surface area contributed by atoms with Gasteiger partial charge in [0.05, 0.1) is 0 Å². The van der Waals surface area contributed by atoms with Crippen LogP contribution in [0, 0.1) is 0 Å². The predicted molar refractivity (Wildman–Crippen MR) is 65.3 cm³/mol. The van der Waals surface area contributed by atoms with Crippen molar-refractivity contribution in [2.24, 2.45) is 0 Å². The number of aromatic hydroxyl groups is 1. The average Bonchev–Trinajstić information content (AvgIpc) is 2.28. The lowest BCUT2D eigenvalue weighted by Crippen LogP contribution is -2.04. The van der Waals surface area contributed by atoms with Crippen LogP contribution in [0.3, 0.4) is 0 Å². The van der Waals surface area contributed by atoms with Crippen molar-refractivity contribution in [2.75, 3.05) is 7.05 Å². The van der Waals surface area contributed by atoms with Crippen molar-refractivity contribution in [3.63, 3.8) is 0 Å². The second-order valence-electron chi connectivity index (χ2n) is 3.89. The number of hydrogen-bond acceptors (Lipinski definition) is 3. The van der Waals surface area contributed by atoms with Crippen LogP contribution in [0.15, 0.2) is 30.3 Å². The van der Waals surface area contributed by atoms with E-state index in [0.717, 1.165) is 22.9 Å². The molecule has 0 aliphatic rings. The van der Waals surface area contributed by atoms with Crippen molar-refractivity contribution < 1.29 is 15.0 Å². The summed E-state index contributed by atoms with van der Waals surface area (Å²) < 4.78 is 0. The molecule has 0 saturated carbocycles. The van der Waals surface area contributed by atoms with E-state index in [1.54, 1.807) is 0 Å². The highest BCUT2D eigenvalue weighted by Gasteiger charge is 2.10. The van der Waals surface area contributed by atoms with Crippen LogP contribution in [0.2, 0.25) is 0 Å². The summed E-state index contributed by atoms with van der Waals surface area (Å²) in [6.45, 7) is 0.721. The van der Waals surface area contributed by atoms with Crippen molar-refractivity contribution in [2.45, 2.75) is 6.54 Å². The van der Waals surface area contributed by atoms with Gasteiger partial charge < -0.3 is 15.5 Å². The smallest absolute Gasteiger partial charge is 0.339 e. The number of rotatable bonds is 3. The molecule has 17 heavy (non-hydrogen) atoms. The van der Waals surface area contributed by atoms with Crippen molar-refractivity contribution >= 4 is 16.7 Å². The largest absolute Gasteiger partial charge is 0.507 e. The van der Waals surface area contributed by atoms with E-state index in [4.69, 9.17) is 5.11 Å². The molecule has 2 rings (SSSR count). The molecule has 0 bridgehead atoms. The van der Waals surface area contributed by atoms with Crippen LogP contribution in [-0.2, 0) is 6.54 Å². The lowest BCUT2D eigenvalue weighted by molar-refractivity contribution is 0.0694. The molecule has 2 aromatic carbocycles. The Morgan fingerprint density at radius 1 is 1.24 bits per heavy atom. The average molecular weight is 231 g/mol. The summed E-state index contributed by atoms with van der Waals surface area (Å²) in [6, 6.07) is 8.69. The molecule has 0 aliphatic heterocycles. The molecule has 0 saturated heterocycles. The Bertz CT molecular complexity index is 578. The molecule has 0 radical (unpaired) electrons. The van der Waals surface area contributed by atoms with Gasteiger partial charge >= 0.3 is 5.97 Å². The highest BCUT2D eigenvalue weighted by Crippen LogP contribution is 2.25. The van der Waals surface area contributed by atoms with Crippen LogP contribution in [0.4, 0.5) is 0 Å². The Hall–Kier alpha value is -2.07. The first kappa shape index (κ1) is 11.4. The predicted octanol–water partition coefficient (Wildman–Crippen LogP) is 1.96. The minimum absolute atomic E-state index is 0.0703. The molecule has 0 aliphatic carbocycles. The first-order valence-corrected chi connectivity index (χ1v) is 5.25. The lowest BCUT2D eigenvalue weighted by atomic mass is 10.0. The van der Waals surface area contributed by atoms with Gasteiger partial charge in [0.25, 0.3) is 0 Å². The molecule has 4 heteroatoms. The fraction of sp³-hybridized carbons (Fsp3) is 0.154. The number of benzene rings is 2. The Labute approximate surface area is 98.5 Å². The lowest BCUT2D eigenvalue weighted by Gasteiger charge is -2.06. The Balaban J connectivity index is 2.59. The van der Waals surface area contributed by atoms with Gasteiger partial charge in [0, 0.05) is 6.54 Å². The zero-order valence-corrected chi connectivity index (χ0v) is 9.40. The molecule has 0 aromatic heterocycles. The number of carboxylic acid groups (broad SMARTS) is 1. The zero-order valence-electron chi connectivity index (χ0n) is 9.40. The number of carbonyl (C=O) groups is 1. The minimum atomic E-state index is -1.12. The topological polar surface area (TPSA) is 69.6 Å². The van der Waals surface area contributed by atoms with Crippen molar-refractivity contribution in [3.05, 3.63) is 41.5 Å². The Morgan fingerprint density at radius 2 is 2.00 bits per heavy atom. The van der Waals surface area contributed by atoms with E-state index >= 15 is 0 Å². The normalized spacial score (nSPS) is 10.6. The third kappa shape index (κ3) is 2.21. The maximum absolute atomic E-state index is 10.9. The van der Waals surface area contributed by atoms with E-state index in [1.807, 2.05) is 25.2 Å². The molecule has 88 valence electrons. The molecule has 0 unspecified atom stereocenters. The van der Waals surface area contributed by atoms with Crippen molar-refractivity contribution in [1.29, 1.82) is 0 Å². The van der Waals surface area contributed by atoms with Gasteiger partial charge in [-0.05, 0) is 41.6 Å². The van der Waals surface area contributed by atoms with E-state index in [0.29, 0.717) is 0 Å². The Morgan fingerprint density at radius 3 is 2.65 bits per heavy atom. The van der Waals surface area contributed by atoms with Crippen LogP contribution in [-0.4, -0.2) is 23.2 Å². The standard InChI is InChI=1S/C13H13NO3/c1-14-7-8-2-3-9-6-12(15)11(13(16)17)5-10(9)4-8/h2-6,14-15H,7H2,1H3,(H,16,17). The summed E-state index contributed by atoms with van der Waals surface area (Å²) in [4.78, 5) is 10.9. The van der Waals surface area contributed by atoms with Gasteiger partial charge in [-0.15, -0.1) is 0 Å². The summed E-state index contributed by atoms with van der Waals surface area (Å²) in [6.07, 6.45) is 0. The SMILES string of the molecule is CNCc1ccc2cc(O)c(C(=O)O)cc2c1. The molecule has 0 atom stereocenters. The number of nitrogens with one attached hydrogen (secondary N) is 1. The monoisotopic (exact) mass is 231 g/mol. The molecule has 0 heterocycles. The molecule has 2 aromatic rings. The summed E-state index contributed by atoms with van der Waals surface area (Å²) >= 11 is 0. The third-order valence-electron chi connectivity index (χ3n) is 2.63. The highest BCUT2D eigenvalue weighted by atomic mass is 16.4. The van der Waals surface area contributed by atoms with E-state index in [2.05, 4.69) is 5.32 Å². The first-order valence-electron chi connectivity index (χ1n) is 5.25. The molecule has 0 amide bonds. The van der Waals surface area contributed by atoms with E-state index in [-0.39, 0.29) is 11.3 Å². The second-order valence-corrected chi connectivity index (χ2v) is 3.89. The summed E-state index contributed by atoms with van der Waals surface area (Å²) in [5, 5.41) is 23.2. The number of aromatic carboxylic acids is 1. The second kappa shape index (κ2) is 4.43. The van der Waals surface area contributed by atoms with E-state index in [1.165, 1.54) is 12.1 Å². The van der Waals surface area contributed by atoms with Gasteiger partial charge in [-0.1, -0.05) is 12.1 Å². The summed E-state index contributed by atoms with van der Waals surface area (Å²) in [5.41, 5.74) is 1.00. The maximum atomic E-state index is 10.9. The summed E-state index contributed by atoms with van der Waals surface area (Å²) in [5.74, 6) is -1.32. The van der Waals surface area contributed by atoms with Gasteiger partial charge in [0.1, 0.15) is 11.3 Å². The first-order chi connectivity index (χ1) is 8.11. The van der Waals surface area contributed by atoms with Gasteiger partial charge in [0.2, 0.25) is 0 Å². The van der Waals surface area contributed by atoms with Crippen LogP contribution >= 0.6 is 0 Å². The molecule has 3 N–H and O–H groups in total.